The summed E-state index contributed by atoms with van der Waals surface area (Å²) in [7, 11) is 0. The topological polar surface area (TPSA) is 62.2 Å². The summed E-state index contributed by atoms with van der Waals surface area (Å²) in [4.78, 5) is 15.6. The summed E-state index contributed by atoms with van der Waals surface area (Å²) in [6.07, 6.45) is 6.63. The van der Waals surface area contributed by atoms with Crippen molar-refractivity contribution in [2.75, 3.05) is 13.2 Å². The first-order valence-corrected chi connectivity index (χ1v) is 6.52. The number of aliphatic hydroxyl groups excluding tert-OH is 1. The molecule has 1 unspecified atom stereocenters. The van der Waals surface area contributed by atoms with Crippen LogP contribution in [0.25, 0.3) is 0 Å². The zero-order valence-corrected chi connectivity index (χ0v) is 10.9. The fraction of sp³-hybridized carbons (Fsp3) is 0.571. The molecule has 0 saturated heterocycles. The highest BCUT2D eigenvalue weighted by molar-refractivity contribution is 5.78. The summed E-state index contributed by atoms with van der Waals surface area (Å²) in [5.41, 5.74) is 0.969. The number of nitrogens with one attached hydrogen (secondary N) is 1. The number of rotatable bonds is 8. The molecule has 0 fully saturated rings. The van der Waals surface area contributed by atoms with E-state index in [1.165, 1.54) is 0 Å². The van der Waals surface area contributed by atoms with Crippen molar-refractivity contribution in [1.82, 2.24) is 10.3 Å². The van der Waals surface area contributed by atoms with Crippen molar-refractivity contribution in [1.29, 1.82) is 0 Å². The molecule has 1 amide bonds. The van der Waals surface area contributed by atoms with Crippen molar-refractivity contribution < 1.29 is 9.90 Å². The maximum atomic E-state index is 11.7. The molecule has 1 heterocycles. The lowest BCUT2D eigenvalue weighted by Gasteiger charge is -2.15. The monoisotopic (exact) mass is 250 g/mol. The fourth-order valence-electron chi connectivity index (χ4n) is 1.95. The summed E-state index contributed by atoms with van der Waals surface area (Å²) in [6.45, 7) is 2.95. The molecule has 1 atom stereocenters. The quantitative estimate of drug-likeness (QED) is 0.735. The molecule has 0 bridgehead atoms. The van der Waals surface area contributed by atoms with Gasteiger partial charge in [-0.15, -0.1) is 0 Å². The molecule has 1 aromatic heterocycles. The van der Waals surface area contributed by atoms with Crippen LogP contribution >= 0.6 is 0 Å². The first-order valence-electron chi connectivity index (χ1n) is 6.52. The SMILES string of the molecule is CCCC(CCO)CNC(=O)Cc1ccncc1. The highest BCUT2D eigenvalue weighted by atomic mass is 16.3. The Morgan fingerprint density at radius 2 is 2.11 bits per heavy atom. The summed E-state index contributed by atoms with van der Waals surface area (Å²) < 4.78 is 0. The third-order valence-corrected chi connectivity index (χ3v) is 2.94. The van der Waals surface area contributed by atoms with Crippen LogP contribution in [0.3, 0.4) is 0 Å². The van der Waals surface area contributed by atoms with Gasteiger partial charge in [0.1, 0.15) is 0 Å². The van der Waals surface area contributed by atoms with Crippen LogP contribution < -0.4 is 5.32 Å². The van der Waals surface area contributed by atoms with Crippen molar-refractivity contribution in [2.24, 2.45) is 5.92 Å². The molecule has 18 heavy (non-hydrogen) atoms. The van der Waals surface area contributed by atoms with E-state index in [2.05, 4.69) is 17.2 Å². The molecule has 0 aliphatic carbocycles. The van der Waals surface area contributed by atoms with Gasteiger partial charge in [0.25, 0.3) is 0 Å². The molecule has 0 aliphatic heterocycles. The molecular weight excluding hydrogens is 228 g/mol. The summed E-state index contributed by atoms with van der Waals surface area (Å²) in [5, 5.41) is 11.9. The molecule has 0 saturated carbocycles. The highest BCUT2D eigenvalue weighted by Crippen LogP contribution is 2.09. The number of pyridine rings is 1. The van der Waals surface area contributed by atoms with E-state index in [1.54, 1.807) is 12.4 Å². The van der Waals surface area contributed by atoms with Gasteiger partial charge in [0.05, 0.1) is 6.42 Å². The molecule has 0 aromatic carbocycles. The number of carbonyl (C=O) groups is 1. The van der Waals surface area contributed by atoms with E-state index in [-0.39, 0.29) is 12.5 Å². The first-order chi connectivity index (χ1) is 8.76. The molecule has 1 aromatic rings. The van der Waals surface area contributed by atoms with Gasteiger partial charge < -0.3 is 10.4 Å². The minimum absolute atomic E-state index is 0.0280. The van der Waals surface area contributed by atoms with Crippen LogP contribution in [-0.4, -0.2) is 29.1 Å². The van der Waals surface area contributed by atoms with Crippen molar-refractivity contribution in [3.8, 4) is 0 Å². The third-order valence-electron chi connectivity index (χ3n) is 2.94. The largest absolute Gasteiger partial charge is 0.396 e. The lowest BCUT2D eigenvalue weighted by atomic mass is 10.00. The molecule has 0 spiro atoms. The number of aromatic nitrogens is 1. The van der Waals surface area contributed by atoms with E-state index < -0.39 is 0 Å². The predicted molar refractivity (Wildman–Crippen MR) is 71.1 cm³/mol. The second kappa shape index (κ2) is 8.64. The first kappa shape index (κ1) is 14.6. The van der Waals surface area contributed by atoms with E-state index >= 15 is 0 Å². The van der Waals surface area contributed by atoms with Crippen LogP contribution in [0.1, 0.15) is 31.7 Å². The molecule has 1 rings (SSSR count). The number of amides is 1. The Morgan fingerprint density at radius 3 is 2.72 bits per heavy atom. The average Bonchev–Trinajstić information content (AvgIpc) is 2.38. The van der Waals surface area contributed by atoms with E-state index in [0.29, 0.717) is 18.9 Å². The maximum Gasteiger partial charge on any atom is 0.224 e. The van der Waals surface area contributed by atoms with Gasteiger partial charge in [-0.2, -0.15) is 0 Å². The Bertz CT molecular complexity index is 335. The lowest BCUT2D eigenvalue weighted by molar-refractivity contribution is -0.120. The van der Waals surface area contributed by atoms with Gasteiger partial charge in [0.2, 0.25) is 5.91 Å². The number of hydrogen-bond acceptors (Lipinski definition) is 3. The standard InChI is InChI=1S/C14H22N2O2/c1-2-3-13(6-9-17)11-16-14(18)10-12-4-7-15-8-5-12/h4-5,7-8,13,17H,2-3,6,9-11H2,1H3,(H,16,18). The maximum absolute atomic E-state index is 11.7. The van der Waals surface area contributed by atoms with Gasteiger partial charge in [-0.05, 0) is 36.5 Å². The van der Waals surface area contributed by atoms with Gasteiger partial charge in [-0.1, -0.05) is 13.3 Å². The van der Waals surface area contributed by atoms with Crippen LogP contribution in [0.2, 0.25) is 0 Å². The Labute approximate surface area is 108 Å². The fourth-order valence-corrected chi connectivity index (χ4v) is 1.95. The smallest absolute Gasteiger partial charge is 0.224 e. The molecular formula is C14H22N2O2. The summed E-state index contributed by atoms with van der Waals surface area (Å²) in [6, 6.07) is 3.69. The zero-order chi connectivity index (χ0) is 13.2. The Morgan fingerprint density at radius 1 is 1.39 bits per heavy atom. The minimum atomic E-state index is 0.0280. The summed E-state index contributed by atoms with van der Waals surface area (Å²) in [5.74, 6) is 0.404. The van der Waals surface area contributed by atoms with Crippen LogP contribution in [0.4, 0.5) is 0 Å². The van der Waals surface area contributed by atoms with Gasteiger partial charge in [0, 0.05) is 25.5 Å². The summed E-state index contributed by atoms with van der Waals surface area (Å²) >= 11 is 0. The van der Waals surface area contributed by atoms with E-state index in [1.807, 2.05) is 12.1 Å². The van der Waals surface area contributed by atoms with E-state index in [0.717, 1.165) is 24.8 Å². The molecule has 2 N–H and O–H groups in total. The van der Waals surface area contributed by atoms with Crippen molar-refractivity contribution in [3.05, 3.63) is 30.1 Å². The van der Waals surface area contributed by atoms with Crippen LogP contribution in [0.15, 0.2) is 24.5 Å². The predicted octanol–water partition coefficient (Wildman–Crippen LogP) is 1.54. The second-order valence-electron chi connectivity index (χ2n) is 4.50. The number of aliphatic hydroxyl groups is 1. The second-order valence-corrected chi connectivity index (χ2v) is 4.50. The van der Waals surface area contributed by atoms with Crippen LogP contribution in [0.5, 0.6) is 0 Å². The Hall–Kier alpha value is -1.42. The van der Waals surface area contributed by atoms with Crippen molar-refractivity contribution in [2.45, 2.75) is 32.6 Å². The Balaban J connectivity index is 2.31. The minimum Gasteiger partial charge on any atom is -0.396 e. The third kappa shape index (κ3) is 5.77. The van der Waals surface area contributed by atoms with Crippen LogP contribution in [0, 0.1) is 5.92 Å². The van der Waals surface area contributed by atoms with Gasteiger partial charge in [0.15, 0.2) is 0 Å². The van der Waals surface area contributed by atoms with Gasteiger partial charge >= 0.3 is 0 Å². The average molecular weight is 250 g/mol. The number of hydrogen-bond donors (Lipinski definition) is 2. The van der Waals surface area contributed by atoms with E-state index in [9.17, 15) is 4.79 Å². The molecule has 4 heteroatoms. The molecule has 4 nitrogen and oxygen atoms in total. The normalized spacial score (nSPS) is 12.1. The van der Waals surface area contributed by atoms with Crippen molar-refractivity contribution >= 4 is 5.91 Å². The Kier molecular flexibility index (Phi) is 7.03. The zero-order valence-electron chi connectivity index (χ0n) is 10.9. The van der Waals surface area contributed by atoms with E-state index in [4.69, 9.17) is 5.11 Å². The van der Waals surface area contributed by atoms with Gasteiger partial charge in [-0.3, -0.25) is 9.78 Å². The number of carbonyl (C=O) groups excluding carboxylic acids is 1. The van der Waals surface area contributed by atoms with Crippen LogP contribution in [-0.2, 0) is 11.2 Å². The molecule has 0 aliphatic rings. The highest BCUT2D eigenvalue weighted by Gasteiger charge is 2.09. The van der Waals surface area contributed by atoms with Gasteiger partial charge in [-0.25, -0.2) is 0 Å². The van der Waals surface area contributed by atoms with Crippen molar-refractivity contribution in [3.63, 3.8) is 0 Å². The molecule has 100 valence electrons. The number of nitrogens with zero attached hydrogens (tertiary/aromatic N) is 1. The molecule has 0 radical (unpaired) electrons. The lowest BCUT2D eigenvalue weighted by Crippen LogP contribution is -2.30.